The van der Waals surface area contributed by atoms with E-state index in [0.717, 1.165) is 5.75 Å². The van der Waals surface area contributed by atoms with Gasteiger partial charge in [0, 0.05) is 12.6 Å². The Morgan fingerprint density at radius 2 is 2.14 bits per heavy atom. The molecule has 0 unspecified atom stereocenters. The maximum Gasteiger partial charge on any atom is 0.239 e. The maximum atomic E-state index is 11.8. The number of hydrogen-bond donors (Lipinski definition) is 1. The zero-order valence-corrected chi connectivity index (χ0v) is 12.2. The van der Waals surface area contributed by atoms with Gasteiger partial charge in [-0.2, -0.15) is 0 Å². The van der Waals surface area contributed by atoms with Gasteiger partial charge >= 0.3 is 0 Å². The number of rotatable bonds is 7. The van der Waals surface area contributed by atoms with Gasteiger partial charge in [0.05, 0.1) is 6.54 Å². The topological polar surface area (TPSA) is 67.6 Å². The number of nitrogens with zero attached hydrogens (tertiary/aromatic N) is 2. The van der Waals surface area contributed by atoms with Gasteiger partial charge in [-0.25, -0.2) is 0 Å². The van der Waals surface area contributed by atoms with E-state index in [1.807, 2.05) is 42.3 Å². The molecule has 1 N–H and O–H groups in total. The molecule has 1 heterocycles. The van der Waals surface area contributed by atoms with Crippen LogP contribution in [-0.2, 0) is 4.79 Å². The van der Waals surface area contributed by atoms with Crippen LogP contribution in [-0.4, -0.2) is 42.7 Å². The number of carbonyl (C=O) groups excluding carboxylic acids is 1. The van der Waals surface area contributed by atoms with E-state index in [1.165, 1.54) is 0 Å². The van der Waals surface area contributed by atoms with E-state index in [2.05, 4.69) is 10.5 Å². The molecule has 0 aliphatic heterocycles. The van der Waals surface area contributed by atoms with Gasteiger partial charge in [0.25, 0.3) is 0 Å². The summed E-state index contributed by atoms with van der Waals surface area (Å²) in [5.41, 5.74) is 0. The summed E-state index contributed by atoms with van der Waals surface area (Å²) in [6, 6.07) is 11.3. The molecule has 21 heavy (non-hydrogen) atoms. The van der Waals surface area contributed by atoms with Crippen molar-refractivity contribution in [2.45, 2.75) is 6.92 Å². The minimum Gasteiger partial charge on any atom is -0.492 e. The largest absolute Gasteiger partial charge is 0.492 e. The van der Waals surface area contributed by atoms with Crippen molar-refractivity contribution < 1.29 is 14.1 Å². The smallest absolute Gasteiger partial charge is 0.239 e. The summed E-state index contributed by atoms with van der Waals surface area (Å²) < 4.78 is 10.5. The number of nitrogens with one attached hydrogen (secondary N) is 1. The predicted molar refractivity (Wildman–Crippen MR) is 79.3 cm³/mol. The number of para-hydroxylation sites is 1. The molecule has 0 aliphatic carbocycles. The summed E-state index contributed by atoms with van der Waals surface area (Å²) in [5.74, 6) is 1.79. The van der Waals surface area contributed by atoms with Gasteiger partial charge in [-0.15, -0.1) is 0 Å². The van der Waals surface area contributed by atoms with Crippen LogP contribution in [0.25, 0.3) is 0 Å². The molecule has 112 valence electrons. The number of hydrogen-bond acceptors (Lipinski definition) is 5. The molecule has 2 rings (SSSR count). The van der Waals surface area contributed by atoms with Crippen molar-refractivity contribution in [2.75, 3.05) is 32.1 Å². The van der Waals surface area contributed by atoms with E-state index in [1.54, 1.807) is 13.0 Å². The Kier molecular flexibility index (Phi) is 5.34. The fourth-order valence-corrected chi connectivity index (χ4v) is 1.77. The lowest BCUT2D eigenvalue weighted by Gasteiger charge is -2.16. The minimum atomic E-state index is -0.134. The van der Waals surface area contributed by atoms with E-state index in [4.69, 9.17) is 9.26 Å². The van der Waals surface area contributed by atoms with Crippen molar-refractivity contribution in [3.8, 4) is 5.75 Å². The van der Waals surface area contributed by atoms with Crippen molar-refractivity contribution in [3.05, 3.63) is 42.2 Å². The van der Waals surface area contributed by atoms with Gasteiger partial charge in [-0.1, -0.05) is 23.4 Å². The van der Waals surface area contributed by atoms with Gasteiger partial charge in [0.1, 0.15) is 18.1 Å². The molecule has 0 aliphatic rings. The summed E-state index contributed by atoms with van der Waals surface area (Å²) in [6.07, 6.45) is 0. The summed E-state index contributed by atoms with van der Waals surface area (Å²) in [7, 11) is 1.86. The number of likely N-dealkylation sites (N-methyl/N-ethyl adjacent to an activating group) is 1. The number of aromatic nitrogens is 1. The first-order valence-corrected chi connectivity index (χ1v) is 6.73. The molecule has 0 bridgehead atoms. The number of carbonyl (C=O) groups is 1. The standard InChI is InChI=1S/C15H19N3O3/c1-12-10-14(17-21-12)16-15(19)11-18(2)8-9-20-13-6-4-3-5-7-13/h3-7,10H,8-9,11H2,1-2H3,(H,16,17,19). The molecule has 1 aromatic heterocycles. The fourth-order valence-electron chi connectivity index (χ4n) is 1.77. The number of anilines is 1. The third-order valence-corrected chi connectivity index (χ3v) is 2.79. The van der Waals surface area contributed by atoms with Crippen molar-refractivity contribution in [3.63, 3.8) is 0 Å². The van der Waals surface area contributed by atoms with Crippen LogP contribution < -0.4 is 10.1 Å². The maximum absolute atomic E-state index is 11.8. The lowest BCUT2D eigenvalue weighted by molar-refractivity contribution is -0.117. The van der Waals surface area contributed by atoms with Crippen LogP contribution >= 0.6 is 0 Å². The normalized spacial score (nSPS) is 10.6. The zero-order chi connectivity index (χ0) is 15.1. The Morgan fingerprint density at radius 1 is 1.38 bits per heavy atom. The van der Waals surface area contributed by atoms with Crippen LogP contribution in [0.1, 0.15) is 5.76 Å². The molecule has 6 heteroatoms. The number of amides is 1. The zero-order valence-electron chi connectivity index (χ0n) is 12.2. The monoisotopic (exact) mass is 289 g/mol. The van der Waals surface area contributed by atoms with Crippen LogP contribution in [0, 0.1) is 6.92 Å². The van der Waals surface area contributed by atoms with Crippen LogP contribution in [0.3, 0.4) is 0 Å². The first-order chi connectivity index (χ1) is 10.1. The van der Waals surface area contributed by atoms with Crippen molar-refractivity contribution in [1.29, 1.82) is 0 Å². The highest BCUT2D eigenvalue weighted by Crippen LogP contribution is 2.08. The van der Waals surface area contributed by atoms with Crippen LogP contribution in [0.4, 0.5) is 5.82 Å². The predicted octanol–water partition coefficient (Wildman–Crippen LogP) is 1.93. The van der Waals surface area contributed by atoms with Gasteiger partial charge in [-0.3, -0.25) is 9.69 Å². The van der Waals surface area contributed by atoms with E-state index >= 15 is 0 Å². The van der Waals surface area contributed by atoms with Crippen molar-refractivity contribution in [1.82, 2.24) is 10.1 Å². The molecular weight excluding hydrogens is 270 g/mol. The highest BCUT2D eigenvalue weighted by molar-refractivity contribution is 5.91. The number of aryl methyl sites for hydroxylation is 1. The van der Waals surface area contributed by atoms with Crippen LogP contribution in [0.15, 0.2) is 40.9 Å². The molecule has 0 atom stereocenters. The van der Waals surface area contributed by atoms with Gasteiger partial charge < -0.3 is 14.6 Å². The van der Waals surface area contributed by atoms with E-state index < -0.39 is 0 Å². The van der Waals surface area contributed by atoms with Gasteiger partial charge in [0.15, 0.2) is 5.82 Å². The quantitative estimate of drug-likeness (QED) is 0.843. The molecule has 0 saturated carbocycles. The molecule has 2 aromatic rings. The average molecular weight is 289 g/mol. The Bertz CT molecular complexity index is 569. The molecule has 0 saturated heterocycles. The highest BCUT2D eigenvalue weighted by atomic mass is 16.5. The lowest BCUT2D eigenvalue weighted by atomic mass is 10.3. The molecule has 0 spiro atoms. The van der Waals surface area contributed by atoms with E-state index in [9.17, 15) is 4.79 Å². The minimum absolute atomic E-state index is 0.134. The molecule has 6 nitrogen and oxygen atoms in total. The Balaban J connectivity index is 1.67. The number of benzene rings is 1. The first kappa shape index (κ1) is 15.1. The van der Waals surface area contributed by atoms with Gasteiger partial charge in [-0.05, 0) is 26.1 Å². The molecule has 0 radical (unpaired) electrons. The highest BCUT2D eigenvalue weighted by Gasteiger charge is 2.09. The van der Waals surface area contributed by atoms with Gasteiger partial charge in [0.2, 0.25) is 5.91 Å². The summed E-state index contributed by atoms with van der Waals surface area (Å²) in [6.45, 7) is 3.22. The second-order valence-corrected chi connectivity index (χ2v) is 4.77. The van der Waals surface area contributed by atoms with Crippen LogP contribution in [0.5, 0.6) is 5.75 Å². The number of ether oxygens (including phenoxy) is 1. The summed E-state index contributed by atoms with van der Waals surface area (Å²) >= 11 is 0. The third kappa shape index (κ3) is 5.27. The Hall–Kier alpha value is -2.34. The average Bonchev–Trinajstić information content (AvgIpc) is 2.85. The van der Waals surface area contributed by atoms with Crippen molar-refractivity contribution in [2.24, 2.45) is 0 Å². The summed E-state index contributed by atoms with van der Waals surface area (Å²) in [4.78, 5) is 13.7. The second-order valence-electron chi connectivity index (χ2n) is 4.77. The van der Waals surface area contributed by atoms with E-state index in [0.29, 0.717) is 24.7 Å². The lowest BCUT2D eigenvalue weighted by Crippen LogP contribution is -2.33. The Morgan fingerprint density at radius 3 is 2.81 bits per heavy atom. The van der Waals surface area contributed by atoms with Crippen LogP contribution in [0.2, 0.25) is 0 Å². The first-order valence-electron chi connectivity index (χ1n) is 6.73. The molecular formula is C15H19N3O3. The van der Waals surface area contributed by atoms with Crippen molar-refractivity contribution >= 4 is 11.7 Å². The fraction of sp³-hybridized carbons (Fsp3) is 0.333. The molecule has 1 aromatic carbocycles. The second kappa shape index (κ2) is 7.44. The third-order valence-electron chi connectivity index (χ3n) is 2.79. The van der Waals surface area contributed by atoms with E-state index in [-0.39, 0.29) is 12.5 Å². The summed E-state index contributed by atoms with van der Waals surface area (Å²) in [5, 5.41) is 6.39. The SMILES string of the molecule is Cc1cc(NC(=O)CN(C)CCOc2ccccc2)no1. The Labute approximate surface area is 123 Å². The molecule has 0 fully saturated rings. The molecule has 1 amide bonds.